The van der Waals surface area contributed by atoms with Gasteiger partial charge in [-0.1, -0.05) is 41.1 Å². The fraction of sp³-hybridized carbons (Fsp3) is 0.346. The summed E-state index contributed by atoms with van der Waals surface area (Å²) in [4.78, 5) is 33.1. The molecule has 186 valence electrons. The summed E-state index contributed by atoms with van der Waals surface area (Å²) < 4.78 is 10.9. The van der Waals surface area contributed by atoms with E-state index in [9.17, 15) is 9.59 Å². The van der Waals surface area contributed by atoms with Crippen molar-refractivity contribution in [3.8, 4) is 11.5 Å². The number of primary amides is 1. The summed E-state index contributed by atoms with van der Waals surface area (Å²) in [6.45, 7) is 0.940. The topological polar surface area (TPSA) is 107 Å². The predicted octanol–water partition coefficient (Wildman–Crippen LogP) is 4.23. The lowest BCUT2D eigenvalue weighted by Crippen LogP contribution is -2.42. The van der Waals surface area contributed by atoms with E-state index in [1.807, 2.05) is 42.5 Å². The highest BCUT2D eigenvalue weighted by Crippen LogP contribution is 2.51. The van der Waals surface area contributed by atoms with Gasteiger partial charge in [-0.2, -0.15) is 0 Å². The van der Waals surface area contributed by atoms with Crippen molar-refractivity contribution in [2.24, 2.45) is 5.73 Å². The second kappa shape index (κ2) is 9.06. The molecule has 8 nitrogen and oxygen atoms in total. The lowest BCUT2D eigenvalue weighted by molar-refractivity contribution is -0.122. The lowest BCUT2D eigenvalue weighted by atomic mass is 9.94. The molecule has 1 aliphatic carbocycles. The van der Waals surface area contributed by atoms with E-state index in [0.717, 1.165) is 48.2 Å². The third kappa shape index (κ3) is 4.11. The van der Waals surface area contributed by atoms with Crippen LogP contribution in [-0.4, -0.2) is 41.1 Å². The molecule has 2 aromatic carbocycles. The van der Waals surface area contributed by atoms with Gasteiger partial charge in [0, 0.05) is 16.1 Å². The lowest BCUT2D eigenvalue weighted by Gasteiger charge is -2.31. The number of rotatable bonds is 7. The number of thiazole rings is 1. The van der Waals surface area contributed by atoms with Crippen molar-refractivity contribution in [2.75, 3.05) is 18.7 Å². The Morgan fingerprint density at radius 2 is 1.94 bits per heavy atom. The van der Waals surface area contributed by atoms with Gasteiger partial charge in [0.25, 0.3) is 0 Å². The van der Waals surface area contributed by atoms with Crippen LogP contribution in [0.15, 0.2) is 48.7 Å². The van der Waals surface area contributed by atoms with Gasteiger partial charge in [0.1, 0.15) is 0 Å². The third-order valence-corrected chi connectivity index (χ3v) is 8.48. The van der Waals surface area contributed by atoms with Gasteiger partial charge in [-0.05, 0) is 67.6 Å². The van der Waals surface area contributed by atoms with Crippen LogP contribution < -0.4 is 20.5 Å². The van der Waals surface area contributed by atoms with Crippen LogP contribution in [0.5, 0.6) is 11.5 Å². The zero-order valence-corrected chi connectivity index (χ0v) is 21.0. The third-order valence-electron chi connectivity index (χ3n) is 7.26. The Morgan fingerprint density at radius 3 is 2.69 bits per heavy atom. The van der Waals surface area contributed by atoms with Gasteiger partial charge in [-0.25, -0.2) is 4.98 Å². The van der Waals surface area contributed by atoms with Crippen molar-refractivity contribution in [2.45, 2.75) is 43.2 Å². The number of hydrogen-bond acceptors (Lipinski definition) is 7. The summed E-state index contributed by atoms with van der Waals surface area (Å²) in [7, 11) is 0. The first-order valence-electron chi connectivity index (χ1n) is 11.9. The van der Waals surface area contributed by atoms with Crippen LogP contribution in [-0.2, 0) is 15.0 Å². The number of carbonyl (C=O) groups excluding carboxylic acids is 2. The van der Waals surface area contributed by atoms with Crippen molar-refractivity contribution in [3.05, 3.63) is 69.7 Å². The number of aromatic nitrogens is 1. The summed E-state index contributed by atoms with van der Waals surface area (Å²) in [5, 5.41) is 4.20. The molecule has 1 unspecified atom stereocenters. The monoisotopic (exact) mass is 524 g/mol. The van der Waals surface area contributed by atoms with Crippen LogP contribution in [0.3, 0.4) is 0 Å². The Balaban J connectivity index is 1.26. The molecule has 0 spiro atoms. The van der Waals surface area contributed by atoms with E-state index in [4.69, 9.17) is 26.8 Å². The van der Waals surface area contributed by atoms with Crippen LogP contribution in [0, 0.1) is 0 Å². The number of anilines is 1. The molecular weight excluding hydrogens is 500 g/mol. The second-order valence-corrected chi connectivity index (χ2v) is 10.9. The molecule has 36 heavy (non-hydrogen) atoms. The molecule has 1 aromatic heterocycles. The average molecular weight is 525 g/mol. The highest BCUT2D eigenvalue weighted by Gasteiger charge is 2.52. The van der Waals surface area contributed by atoms with Gasteiger partial charge >= 0.3 is 0 Å². The molecule has 0 radical (unpaired) electrons. The summed E-state index contributed by atoms with van der Waals surface area (Å²) in [6, 6.07) is 12.7. The van der Waals surface area contributed by atoms with E-state index in [1.54, 1.807) is 6.20 Å². The number of nitrogens with two attached hydrogens (primary N) is 1. The largest absolute Gasteiger partial charge is 0.454 e. The SMILES string of the molecule is NC(=O)[C@@H]1CCCN1C(c1ccc(Cl)cc1)c1cnc(NC(=O)C2(c3ccc4c(c3)OCO4)CC2)s1. The van der Waals surface area contributed by atoms with Crippen LogP contribution in [0.2, 0.25) is 5.02 Å². The van der Waals surface area contributed by atoms with Crippen LogP contribution in [0.4, 0.5) is 5.13 Å². The Kier molecular flexibility index (Phi) is 5.86. The fourth-order valence-corrected chi connectivity index (χ4v) is 6.31. The minimum Gasteiger partial charge on any atom is -0.454 e. The zero-order chi connectivity index (χ0) is 24.9. The van der Waals surface area contributed by atoms with Crippen LogP contribution >= 0.6 is 22.9 Å². The molecule has 3 aromatic rings. The average Bonchev–Trinajstić information content (AvgIpc) is 3.20. The molecule has 10 heteroatoms. The number of nitrogens with one attached hydrogen (secondary N) is 1. The van der Waals surface area contributed by atoms with E-state index < -0.39 is 5.41 Å². The first kappa shape index (κ1) is 23.3. The van der Waals surface area contributed by atoms with E-state index in [2.05, 4.69) is 15.2 Å². The second-order valence-electron chi connectivity index (χ2n) is 9.42. The Labute approximate surface area is 217 Å². The van der Waals surface area contributed by atoms with E-state index in [-0.39, 0.29) is 30.7 Å². The molecule has 2 amide bonds. The number of halogens is 1. The van der Waals surface area contributed by atoms with Crippen LogP contribution in [0.25, 0.3) is 0 Å². The highest BCUT2D eigenvalue weighted by atomic mass is 35.5. The van der Waals surface area contributed by atoms with Gasteiger partial charge in [-0.15, -0.1) is 0 Å². The maximum absolute atomic E-state index is 13.4. The molecule has 1 saturated heterocycles. The smallest absolute Gasteiger partial charge is 0.236 e. The molecule has 0 bridgehead atoms. The first-order valence-corrected chi connectivity index (χ1v) is 13.1. The van der Waals surface area contributed by atoms with Crippen molar-refractivity contribution >= 4 is 39.9 Å². The normalized spacial score (nSPS) is 20.8. The molecule has 6 rings (SSSR count). The van der Waals surface area contributed by atoms with E-state index in [0.29, 0.717) is 21.7 Å². The molecule has 3 N–H and O–H groups in total. The van der Waals surface area contributed by atoms with Gasteiger partial charge in [0.15, 0.2) is 16.6 Å². The first-order chi connectivity index (χ1) is 17.4. The maximum Gasteiger partial charge on any atom is 0.236 e. The van der Waals surface area contributed by atoms with Gasteiger partial charge < -0.3 is 20.5 Å². The Morgan fingerprint density at radius 1 is 1.17 bits per heavy atom. The number of likely N-dealkylation sites (tertiary alicyclic amines) is 1. The summed E-state index contributed by atoms with van der Waals surface area (Å²) in [6.07, 6.45) is 4.91. The molecular formula is C26H25ClN4O4S. The summed E-state index contributed by atoms with van der Waals surface area (Å²) in [5.41, 5.74) is 7.06. The number of amides is 2. The predicted molar refractivity (Wildman–Crippen MR) is 136 cm³/mol. The van der Waals surface area contributed by atoms with Gasteiger partial charge in [-0.3, -0.25) is 14.5 Å². The van der Waals surface area contributed by atoms with E-state index >= 15 is 0 Å². The molecule has 2 atom stereocenters. The summed E-state index contributed by atoms with van der Waals surface area (Å²) >= 11 is 7.55. The Bertz CT molecular complexity index is 1320. The van der Waals surface area contributed by atoms with Crippen molar-refractivity contribution in [1.29, 1.82) is 0 Å². The minimum absolute atomic E-state index is 0.0820. The molecule has 1 saturated carbocycles. The zero-order valence-electron chi connectivity index (χ0n) is 19.4. The maximum atomic E-state index is 13.4. The number of carbonyl (C=O) groups is 2. The molecule has 2 fully saturated rings. The van der Waals surface area contributed by atoms with Crippen molar-refractivity contribution in [1.82, 2.24) is 9.88 Å². The fourth-order valence-electron chi connectivity index (χ4n) is 5.22. The molecule has 3 heterocycles. The van der Waals surface area contributed by atoms with Gasteiger partial charge in [0.05, 0.1) is 17.5 Å². The number of fused-ring (bicyclic) bond motifs is 1. The molecule has 2 aliphatic heterocycles. The highest BCUT2D eigenvalue weighted by molar-refractivity contribution is 7.15. The molecule has 3 aliphatic rings. The standard InChI is InChI=1S/C26H25ClN4O4S/c27-17-6-3-15(4-7-17)22(31-11-1-2-18(31)23(28)32)21-13-29-25(36-21)30-24(33)26(9-10-26)16-5-8-19-20(12-16)35-14-34-19/h3-8,12-13,18,22H,1-2,9-11,14H2,(H2,28,32)(H,29,30,33)/t18-,22?/m0/s1. The quantitative estimate of drug-likeness (QED) is 0.479. The number of nitrogens with zero attached hydrogens (tertiary/aromatic N) is 2. The van der Waals surface area contributed by atoms with Crippen LogP contribution in [0.1, 0.15) is 47.7 Å². The number of benzene rings is 2. The van der Waals surface area contributed by atoms with Crippen molar-refractivity contribution in [3.63, 3.8) is 0 Å². The van der Waals surface area contributed by atoms with Gasteiger partial charge in [0.2, 0.25) is 18.6 Å². The number of hydrogen-bond donors (Lipinski definition) is 2. The number of ether oxygens (including phenoxy) is 2. The summed E-state index contributed by atoms with van der Waals surface area (Å²) in [5.74, 6) is 0.956. The minimum atomic E-state index is -0.589. The van der Waals surface area contributed by atoms with Crippen molar-refractivity contribution < 1.29 is 19.1 Å². The van der Waals surface area contributed by atoms with E-state index in [1.165, 1.54) is 11.3 Å². The Hall–Kier alpha value is -3.14.